The molecule has 7 heteroatoms. The van der Waals surface area contributed by atoms with Gasteiger partial charge in [0, 0.05) is 61.8 Å². The average Bonchev–Trinajstić information content (AvgIpc) is 2.74. The number of hydrogen-bond acceptors (Lipinski definition) is 7. The van der Waals surface area contributed by atoms with E-state index in [9.17, 15) is 0 Å². The van der Waals surface area contributed by atoms with E-state index in [2.05, 4.69) is 47.1 Å². The van der Waals surface area contributed by atoms with Gasteiger partial charge >= 0.3 is 0 Å². The Labute approximate surface area is 164 Å². The summed E-state index contributed by atoms with van der Waals surface area (Å²) in [4.78, 5) is 17.7. The SMILES string of the molecule is c1cc(-c2ccc(N3CCN(c4cc(C5CCC5)ncn4)CC3)nn2)ccn1. The number of aromatic nitrogens is 5. The number of hydrogen-bond donors (Lipinski definition) is 0. The van der Waals surface area contributed by atoms with E-state index in [0.29, 0.717) is 5.92 Å². The highest BCUT2D eigenvalue weighted by atomic mass is 15.3. The van der Waals surface area contributed by atoms with E-state index in [1.807, 2.05) is 18.2 Å². The first-order valence-electron chi connectivity index (χ1n) is 9.93. The number of anilines is 2. The summed E-state index contributed by atoms with van der Waals surface area (Å²) in [5, 5.41) is 8.84. The Morgan fingerprint density at radius 2 is 1.54 bits per heavy atom. The molecule has 0 bridgehead atoms. The molecule has 0 aromatic carbocycles. The average molecular weight is 373 g/mol. The van der Waals surface area contributed by atoms with Gasteiger partial charge in [-0.1, -0.05) is 6.42 Å². The zero-order chi connectivity index (χ0) is 18.8. The Morgan fingerprint density at radius 3 is 2.18 bits per heavy atom. The lowest BCUT2D eigenvalue weighted by molar-refractivity contribution is 0.410. The van der Waals surface area contributed by atoms with Crippen molar-refractivity contribution in [3.05, 3.63) is 54.7 Å². The molecule has 0 atom stereocenters. The predicted molar refractivity (Wildman–Crippen MR) is 108 cm³/mol. The second-order valence-electron chi connectivity index (χ2n) is 7.42. The number of nitrogens with zero attached hydrogens (tertiary/aromatic N) is 7. The minimum absolute atomic E-state index is 0.636. The summed E-state index contributed by atoms with van der Waals surface area (Å²) >= 11 is 0. The van der Waals surface area contributed by atoms with Crippen molar-refractivity contribution < 1.29 is 0 Å². The first-order valence-corrected chi connectivity index (χ1v) is 9.93. The van der Waals surface area contributed by atoms with Crippen LogP contribution in [0.5, 0.6) is 0 Å². The fourth-order valence-corrected chi connectivity index (χ4v) is 3.80. The fourth-order valence-electron chi connectivity index (χ4n) is 3.80. The quantitative estimate of drug-likeness (QED) is 0.696. The van der Waals surface area contributed by atoms with E-state index < -0.39 is 0 Å². The van der Waals surface area contributed by atoms with Crippen molar-refractivity contribution >= 4 is 11.6 Å². The van der Waals surface area contributed by atoms with Crippen LogP contribution in [0.1, 0.15) is 30.9 Å². The van der Waals surface area contributed by atoms with Crippen molar-refractivity contribution in [3.63, 3.8) is 0 Å². The lowest BCUT2D eigenvalue weighted by Crippen LogP contribution is -2.47. The van der Waals surface area contributed by atoms with E-state index in [-0.39, 0.29) is 0 Å². The highest BCUT2D eigenvalue weighted by Crippen LogP contribution is 2.36. The van der Waals surface area contributed by atoms with Crippen LogP contribution in [-0.4, -0.2) is 51.3 Å². The van der Waals surface area contributed by atoms with Gasteiger partial charge in [0.15, 0.2) is 5.82 Å². The zero-order valence-electron chi connectivity index (χ0n) is 15.8. The largest absolute Gasteiger partial charge is 0.353 e. The third-order valence-corrected chi connectivity index (χ3v) is 5.75. The van der Waals surface area contributed by atoms with Gasteiger partial charge in [0.2, 0.25) is 0 Å². The molecule has 0 radical (unpaired) electrons. The molecule has 1 aliphatic heterocycles. The van der Waals surface area contributed by atoms with E-state index in [4.69, 9.17) is 0 Å². The molecule has 5 rings (SSSR count). The molecule has 2 aliphatic rings. The predicted octanol–water partition coefficient (Wildman–Crippen LogP) is 2.92. The Morgan fingerprint density at radius 1 is 0.786 bits per heavy atom. The maximum atomic E-state index is 4.51. The number of rotatable bonds is 4. The van der Waals surface area contributed by atoms with Crippen molar-refractivity contribution in [2.75, 3.05) is 36.0 Å². The van der Waals surface area contributed by atoms with Crippen LogP contribution < -0.4 is 9.80 Å². The maximum absolute atomic E-state index is 4.51. The second kappa shape index (κ2) is 7.50. The molecule has 0 N–H and O–H groups in total. The molecular formula is C21H23N7. The first kappa shape index (κ1) is 17.0. The van der Waals surface area contributed by atoms with E-state index >= 15 is 0 Å². The molecule has 1 saturated carbocycles. The van der Waals surface area contributed by atoms with Gasteiger partial charge in [0.25, 0.3) is 0 Å². The number of piperazine rings is 1. The number of pyridine rings is 1. The van der Waals surface area contributed by atoms with Gasteiger partial charge in [-0.05, 0) is 37.1 Å². The summed E-state index contributed by atoms with van der Waals surface area (Å²) < 4.78 is 0. The van der Waals surface area contributed by atoms with E-state index in [1.165, 1.54) is 25.0 Å². The van der Waals surface area contributed by atoms with Gasteiger partial charge in [-0.2, -0.15) is 0 Å². The first-order chi connectivity index (χ1) is 13.9. The minimum Gasteiger partial charge on any atom is -0.353 e. The molecule has 0 unspecified atom stereocenters. The molecular weight excluding hydrogens is 350 g/mol. The molecule has 1 aliphatic carbocycles. The van der Waals surface area contributed by atoms with E-state index in [0.717, 1.165) is 49.1 Å². The van der Waals surface area contributed by atoms with Gasteiger partial charge in [-0.3, -0.25) is 4.98 Å². The van der Waals surface area contributed by atoms with Crippen LogP contribution in [0.25, 0.3) is 11.3 Å². The maximum Gasteiger partial charge on any atom is 0.151 e. The lowest BCUT2D eigenvalue weighted by Gasteiger charge is -2.36. The Hall–Kier alpha value is -3.09. The summed E-state index contributed by atoms with van der Waals surface area (Å²) in [7, 11) is 0. The Kier molecular flexibility index (Phi) is 4.56. The van der Waals surface area contributed by atoms with Crippen LogP contribution in [0.4, 0.5) is 11.6 Å². The zero-order valence-corrected chi connectivity index (χ0v) is 15.8. The molecule has 2 fully saturated rings. The topological polar surface area (TPSA) is 70.9 Å². The summed E-state index contributed by atoms with van der Waals surface area (Å²) in [5.74, 6) is 2.61. The van der Waals surface area contributed by atoms with Crippen molar-refractivity contribution in [2.24, 2.45) is 0 Å². The minimum atomic E-state index is 0.636. The van der Waals surface area contributed by atoms with E-state index in [1.54, 1.807) is 18.7 Å². The Bertz CT molecular complexity index is 917. The van der Waals surface area contributed by atoms with Gasteiger partial charge in [0.1, 0.15) is 12.1 Å². The van der Waals surface area contributed by atoms with Gasteiger partial charge in [0.05, 0.1) is 5.69 Å². The van der Waals surface area contributed by atoms with Crippen LogP contribution in [0.15, 0.2) is 49.1 Å². The molecule has 7 nitrogen and oxygen atoms in total. The third kappa shape index (κ3) is 3.40. The standard InChI is InChI=1S/C21H23N7/c1-2-16(3-1)19-14-21(24-15-23-19)28-12-10-27(11-13-28)20-5-4-18(25-26-20)17-6-8-22-9-7-17/h4-9,14-16H,1-3,10-13H2. The summed E-state index contributed by atoms with van der Waals surface area (Å²) in [6.45, 7) is 3.67. The third-order valence-electron chi connectivity index (χ3n) is 5.75. The molecule has 3 aromatic heterocycles. The molecule has 1 saturated heterocycles. The van der Waals surface area contributed by atoms with Crippen molar-refractivity contribution in [3.8, 4) is 11.3 Å². The molecule has 0 spiro atoms. The van der Waals surface area contributed by atoms with Crippen LogP contribution in [0.3, 0.4) is 0 Å². The summed E-state index contributed by atoms with van der Waals surface area (Å²) in [5.41, 5.74) is 3.11. The lowest BCUT2D eigenvalue weighted by atomic mass is 9.83. The van der Waals surface area contributed by atoms with Crippen LogP contribution in [0.2, 0.25) is 0 Å². The fraction of sp³-hybridized carbons (Fsp3) is 0.381. The molecule has 4 heterocycles. The van der Waals surface area contributed by atoms with Crippen molar-refractivity contribution in [2.45, 2.75) is 25.2 Å². The highest BCUT2D eigenvalue weighted by molar-refractivity contribution is 5.59. The van der Waals surface area contributed by atoms with Crippen LogP contribution >= 0.6 is 0 Å². The highest BCUT2D eigenvalue weighted by Gasteiger charge is 2.24. The van der Waals surface area contributed by atoms with Crippen molar-refractivity contribution in [1.29, 1.82) is 0 Å². The summed E-state index contributed by atoms with van der Waals surface area (Å²) in [6, 6.07) is 10.2. The van der Waals surface area contributed by atoms with Crippen LogP contribution in [-0.2, 0) is 0 Å². The second-order valence-corrected chi connectivity index (χ2v) is 7.42. The van der Waals surface area contributed by atoms with Gasteiger partial charge in [-0.15, -0.1) is 10.2 Å². The molecule has 142 valence electrons. The summed E-state index contributed by atoms with van der Waals surface area (Å²) in [6.07, 6.45) is 9.11. The monoisotopic (exact) mass is 373 g/mol. The molecule has 0 amide bonds. The van der Waals surface area contributed by atoms with Crippen molar-refractivity contribution in [1.82, 2.24) is 25.1 Å². The Balaban J connectivity index is 1.23. The normalized spacial score (nSPS) is 17.4. The van der Waals surface area contributed by atoms with Gasteiger partial charge in [-0.25, -0.2) is 9.97 Å². The van der Waals surface area contributed by atoms with Gasteiger partial charge < -0.3 is 9.80 Å². The van der Waals surface area contributed by atoms with Crippen LogP contribution in [0, 0.1) is 0 Å². The molecule has 3 aromatic rings. The molecule has 28 heavy (non-hydrogen) atoms. The smallest absolute Gasteiger partial charge is 0.151 e.